The summed E-state index contributed by atoms with van der Waals surface area (Å²) < 4.78 is 0. The Kier molecular flexibility index (Phi) is 4.15. The van der Waals surface area contributed by atoms with E-state index in [1.807, 2.05) is 32.2 Å². The third-order valence-electron chi connectivity index (χ3n) is 2.99. The number of nitrogens with zero attached hydrogens (tertiary/aromatic N) is 1. The molecular formula is C15H17NOS. The van der Waals surface area contributed by atoms with Crippen LogP contribution in [0.4, 0.5) is 5.69 Å². The molecule has 0 bridgehead atoms. The molecule has 0 saturated carbocycles. The lowest BCUT2D eigenvalue weighted by Gasteiger charge is -2.21. The van der Waals surface area contributed by atoms with Crippen molar-refractivity contribution in [2.45, 2.75) is 13.3 Å². The lowest BCUT2D eigenvalue weighted by molar-refractivity contribution is 0.112. The predicted octanol–water partition coefficient (Wildman–Crippen LogP) is 3.55. The summed E-state index contributed by atoms with van der Waals surface area (Å²) in [5.74, 6) is 0. The first kappa shape index (κ1) is 12.8. The van der Waals surface area contributed by atoms with E-state index >= 15 is 0 Å². The zero-order chi connectivity index (χ0) is 13.0. The van der Waals surface area contributed by atoms with Gasteiger partial charge in [-0.25, -0.2) is 0 Å². The number of hydrogen-bond donors (Lipinski definition) is 0. The summed E-state index contributed by atoms with van der Waals surface area (Å²) in [4.78, 5) is 14.6. The summed E-state index contributed by atoms with van der Waals surface area (Å²) in [6, 6.07) is 10.2. The Labute approximate surface area is 112 Å². The molecule has 0 amide bonds. The van der Waals surface area contributed by atoms with Crippen LogP contribution in [0.5, 0.6) is 0 Å². The van der Waals surface area contributed by atoms with Gasteiger partial charge in [-0.3, -0.25) is 4.79 Å². The highest BCUT2D eigenvalue weighted by Gasteiger charge is 2.07. The van der Waals surface area contributed by atoms with E-state index in [1.165, 1.54) is 4.88 Å². The van der Waals surface area contributed by atoms with Crippen molar-refractivity contribution in [2.24, 2.45) is 0 Å². The molecule has 0 spiro atoms. The molecular weight excluding hydrogens is 242 g/mol. The number of aldehydes is 1. The topological polar surface area (TPSA) is 20.3 Å². The first-order chi connectivity index (χ1) is 8.70. The molecule has 0 unspecified atom stereocenters. The molecule has 0 atom stereocenters. The van der Waals surface area contributed by atoms with Crippen LogP contribution in [0, 0.1) is 6.92 Å². The van der Waals surface area contributed by atoms with Crippen molar-refractivity contribution in [3.05, 3.63) is 51.7 Å². The minimum Gasteiger partial charge on any atom is -0.374 e. The van der Waals surface area contributed by atoms with Gasteiger partial charge in [0.1, 0.15) is 0 Å². The third kappa shape index (κ3) is 2.99. The van der Waals surface area contributed by atoms with E-state index in [-0.39, 0.29) is 0 Å². The molecule has 3 heteroatoms. The smallest absolute Gasteiger partial charge is 0.152 e. The van der Waals surface area contributed by atoms with Crippen LogP contribution in [0.15, 0.2) is 35.7 Å². The van der Waals surface area contributed by atoms with Gasteiger partial charge < -0.3 is 4.90 Å². The van der Waals surface area contributed by atoms with Gasteiger partial charge in [0.15, 0.2) is 6.29 Å². The van der Waals surface area contributed by atoms with E-state index in [2.05, 4.69) is 22.4 Å². The third-order valence-corrected chi connectivity index (χ3v) is 3.93. The Morgan fingerprint density at radius 2 is 2.17 bits per heavy atom. The maximum Gasteiger partial charge on any atom is 0.152 e. The van der Waals surface area contributed by atoms with Crippen LogP contribution < -0.4 is 4.90 Å². The monoisotopic (exact) mass is 259 g/mol. The Hall–Kier alpha value is -1.61. The van der Waals surface area contributed by atoms with Crippen LogP contribution in [-0.2, 0) is 6.42 Å². The second-order valence-corrected chi connectivity index (χ2v) is 5.46. The van der Waals surface area contributed by atoms with E-state index < -0.39 is 0 Å². The number of rotatable bonds is 5. The number of aryl methyl sites for hydroxylation is 1. The summed E-state index contributed by atoms with van der Waals surface area (Å²) in [6.07, 6.45) is 1.95. The van der Waals surface area contributed by atoms with E-state index in [9.17, 15) is 4.79 Å². The number of hydrogen-bond acceptors (Lipinski definition) is 3. The molecule has 18 heavy (non-hydrogen) atoms. The minimum atomic E-state index is 0.767. The average molecular weight is 259 g/mol. The summed E-state index contributed by atoms with van der Waals surface area (Å²) in [5, 5.41) is 2.10. The first-order valence-electron chi connectivity index (χ1n) is 6.00. The SMILES string of the molecule is Cc1ccc(N(C)CCc2cccs2)c(C=O)c1. The number of carbonyl (C=O) groups excluding carboxylic acids is 1. The van der Waals surface area contributed by atoms with E-state index in [0.717, 1.165) is 36.1 Å². The molecule has 2 rings (SSSR count). The zero-order valence-electron chi connectivity index (χ0n) is 10.7. The quantitative estimate of drug-likeness (QED) is 0.765. The summed E-state index contributed by atoms with van der Waals surface area (Å²) in [7, 11) is 2.03. The van der Waals surface area contributed by atoms with E-state index in [4.69, 9.17) is 0 Å². The van der Waals surface area contributed by atoms with Crippen LogP contribution in [0.3, 0.4) is 0 Å². The minimum absolute atomic E-state index is 0.767. The Morgan fingerprint density at radius 3 is 2.83 bits per heavy atom. The Morgan fingerprint density at radius 1 is 1.33 bits per heavy atom. The standard InChI is InChI=1S/C15H17NOS/c1-12-5-6-15(13(10-12)11-17)16(2)8-7-14-4-3-9-18-14/h3-6,9-11H,7-8H2,1-2H3. The molecule has 0 fully saturated rings. The highest BCUT2D eigenvalue weighted by atomic mass is 32.1. The normalized spacial score (nSPS) is 10.3. The van der Waals surface area contributed by atoms with Gasteiger partial charge in [0.05, 0.1) is 0 Å². The van der Waals surface area contributed by atoms with Crippen LogP contribution in [-0.4, -0.2) is 19.9 Å². The van der Waals surface area contributed by atoms with E-state index in [0.29, 0.717) is 0 Å². The number of benzene rings is 1. The van der Waals surface area contributed by atoms with Crippen molar-refractivity contribution in [1.82, 2.24) is 0 Å². The largest absolute Gasteiger partial charge is 0.374 e. The van der Waals surface area contributed by atoms with Gasteiger partial charge in [-0.05, 0) is 36.9 Å². The first-order valence-corrected chi connectivity index (χ1v) is 6.88. The molecule has 0 saturated heterocycles. The molecule has 0 aliphatic heterocycles. The lowest BCUT2D eigenvalue weighted by atomic mass is 10.1. The molecule has 2 aromatic rings. The average Bonchev–Trinajstić information content (AvgIpc) is 2.88. The summed E-state index contributed by atoms with van der Waals surface area (Å²) >= 11 is 1.78. The molecule has 0 aliphatic rings. The van der Waals surface area contributed by atoms with E-state index in [1.54, 1.807) is 11.3 Å². The fourth-order valence-corrected chi connectivity index (χ4v) is 2.67. The van der Waals surface area contributed by atoms with Crippen molar-refractivity contribution >= 4 is 23.3 Å². The fraction of sp³-hybridized carbons (Fsp3) is 0.267. The van der Waals surface area contributed by atoms with Gasteiger partial charge in [-0.1, -0.05) is 17.7 Å². The highest BCUT2D eigenvalue weighted by molar-refractivity contribution is 7.09. The number of carbonyl (C=O) groups is 1. The Balaban J connectivity index is 2.08. The maximum absolute atomic E-state index is 11.1. The van der Waals surface area contributed by atoms with Crippen molar-refractivity contribution in [1.29, 1.82) is 0 Å². The predicted molar refractivity (Wildman–Crippen MR) is 77.9 cm³/mol. The van der Waals surface area contributed by atoms with Gasteiger partial charge in [-0.2, -0.15) is 0 Å². The van der Waals surface area contributed by atoms with Crippen LogP contribution in [0.2, 0.25) is 0 Å². The molecule has 2 nitrogen and oxygen atoms in total. The number of thiophene rings is 1. The van der Waals surface area contributed by atoms with Crippen molar-refractivity contribution in [3.63, 3.8) is 0 Å². The second kappa shape index (κ2) is 5.83. The van der Waals surface area contributed by atoms with Gasteiger partial charge in [0.2, 0.25) is 0 Å². The molecule has 1 aromatic heterocycles. The fourth-order valence-electron chi connectivity index (χ4n) is 1.97. The molecule has 1 aromatic carbocycles. The Bertz CT molecular complexity index is 519. The maximum atomic E-state index is 11.1. The van der Waals surface area contributed by atoms with Gasteiger partial charge >= 0.3 is 0 Å². The molecule has 0 N–H and O–H groups in total. The summed E-state index contributed by atoms with van der Waals surface area (Å²) in [6.45, 7) is 2.92. The van der Waals surface area contributed by atoms with Crippen molar-refractivity contribution in [2.75, 3.05) is 18.5 Å². The van der Waals surface area contributed by atoms with Crippen LogP contribution in [0.25, 0.3) is 0 Å². The number of anilines is 1. The molecule has 0 radical (unpaired) electrons. The van der Waals surface area contributed by atoms with Crippen molar-refractivity contribution in [3.8, 4) is 0 Å². The second-order valence-electron chi connectivity index (χ2n) is 4.43. The molecule has 1 heterocycles. The highest BCUT2D eigenvalue weighted by Crippen LogP contribution is 2.20. The van der Waals surface area contributed by atoms with Gasteiger partial charge in [0, 0.05) is 29.7 Å². The van der Waals surface area contributed by atoms with Crippen LogP contribution in [0.1, 0.15) is 20.8 Å². The lowest BCUT2D eigenvalue weighted by Crippen LogP contribution is -2.21. The van der Waals surface area contributed by atoms with Crippen LogP contribution >= 0.6 is 11.3 Å². The zero-order valence-corrected chi connectivity index (χ0v) is 11.5. The van der Waals surface area contributed by atoms with Gasteiger partial charge in [0.25, 0.3) is 0 Å². The number of likely N-dealkylation sites (N-methyl/N-ethyl adjacent to an activating group) is 1. The molecule has 0 aliphatic carbocycles. The van der Waals surface area contributed by atoms with Gasteiger partial charge in [-0.15, -0.1) is 11.3 Å². The molecule has 94 valence electrons. The summed E-state index contributed by atoms with van der Waals surface area (Å²) in [5.41, 5.74) is 2.89. The van der Waals surface area contributed by atoms with Crippen molar-refractivity contribution < 1.29 is 4.79 Å².